The van der Waals surface area contributed by atoms with E-state index >= 15 is 4.39 Å². The van der Waals surface area contributed by atoms with Gasteiger partial charge in [-0.25, -0.2) is 14.0 Å². The van der Waals surface area contributed by atoms with Crippen LogP contribution in [-0.4, -0.2) is 87.7 Å². The summed E-state index contributed by atoms with van der Waals surface area (Å²) in [6, 6.07) is 17.9. The van der Waals surface area contributed by atoms with Crippen LogP contribution in [0.25, 0.3) is 5.69 Å². The van der Waals surface area contributed by atoms with Crippen LogP contribution < -0.4 is 21.3 Å². The number of anilines is 1. The fraction of sp³-hybridized carbons (Fsp3) is 0.359. The number of halogens is 2. The number of rotatable bonds is 7. The van der Waals surface area contributed by atoms with Gasteiger partial charge in [-0.1, -0.05) is 18.2 Å². The number of hydrogen-bond acceptors (Lipinski definition) is 8. The molecule has 0 radical (unpaired) electrons. The summed E-state index contributed by atoms with van der Waals surface area (Å²) in [6.45, 7) is 7.98. The molecule has 13 nitrogen and oxygen atoms in total. The van der Waals surface area contributed by atoms with E-state index in [0.717, 1.165) is 4.57 Å². The molecule has 3 amide bonds. The van der Waals surface area contributed by atoms with Crippen molar-refractivity contribution in [2.24, 2.45) is 0 Å². The third kappa shape index (κ3) is 7.72. The Labute approximate surface area is 325 Å². The van der Waals surface area contributed by atoms with E-state index in [1.807, 2.05) is 22.6 Å². The fourth-order valence-corrected chi connectivity index (χ4v) is 7.17. The molecule has 0 bridgehead atoms. The molecule has 2 aliphatic heterocycles. The number of piperazine rings is 1. The number of nitrogens with one attached hydrogen (secondary N) is 1. The van der Waals surface area contributed by atoms with Gasteiger partial charge in [-0.2, -0.15) is 0 Å². The standard InChI is InChI=1S/C39H42FIN6O7/c1-23-32-31(33(43(5)34(23)48)42-30-15-12-26(41)21-29(30)40)36(50)46(22-24-10-13-28(53-6)14-11-24)37(51)47(32)27-9-7-8-25(20-27)35(49)44-16-18-45(19-17-44)38(52)54-39(2,3)4/h7-15,20-21,23,33,42H,16-19,22H2,1-6H3. The minimum Gasteiger partial charge on any atom is -0.497 e. The summed E-state index contributed by atoms with van der Waals surface area (Å²) in [5.74, 6) is -1.65. The summed E-state index contributed by atoms with van der Waals surface area (Å²) < 4.78 is 29.1. The number of carbonyl (C=O) groups excluding carboxylic acids is 3. The quantitative estimate of drug-likeness (QED) is 0.252. The van der Waals surface area contributed by atoms with Crippen molar-refractivity contribution in [3.05, 3.63) is 119 Å². The monoisotopic (exact) mass is 852 g/mol. The first-order chi connectivity index (χ1) is 25.6. The molecule has 2 unspecified atom stereocenters. The van der Waals surface area contributed by atoms with Crippen molar-refractivity contribution in [1.29, 1.82) is 0 Å². The average molecular weight is 853 g/mol. The van der Waals surface area contributed by atoms with Crippen LogP contribution in [0.5, 0.6) is 5.75 Å². The van der Waals surface area contributed by atoms with Crippen molar-refractivity contribution in [3.63, 3.8) is 0 Å². The third-order valence-electron chi connectivity index (χ3n) is 9.50. The molecule has 3 aromatic carbocycles. The molecule has 2 aliphatic rings. The van der Waals surface area contributed by atoms with E-state index in [1.54, 1.807) is 92.1 Å². The summed E-state index contributed by atoms with van der Waals surface area (Å²) in [5, 5.41) is 3.06. The van der Waals surface area contributed by atoms with Gasteiger partial charge in [0.1, 0.15) is 23.3 Å². The molecule has 6 rings (SSSR count). The maximum absolute atomic E-state index is 15.2. The zero-order valence-corrected chi connectivity index (χ0v) is 33.0. The summed E-state index contributed by atoms with van der Waals surface area (Å²) in [4.78, 5) is 74.1. The molecule has 1 saturated heterocycles. The Morgan fingerprint density at radius 2 is 1.61 bits per heavy atom. The highest BCUT2D eigenvalue weighted by Crippen LogP contribution is 2.36. The van der Waals surface area contributed by atoms with Crippen LogP contribution in [0.4, 0.5) is 14.9 Å². The van der Waals surface area contributed by atoms with Crippen LogP contribution >= 0.6 is 22.6 Å². The molecule has 1 N–H and O–H groups in total. The van der Waals surface area contributed by atoms with Crippen molar-refractivity contribution in [1.82, 2.24) is 23.8 Å². The number of benzene rings is 3. The second-order valence-corrected chi connectivity index (χ2v) is 15.6. The molecular weight excluding hydrogens is 810 g/mol. The van der Waals surface area contributed by atoms with Crippen molar-refractivity contribution in [2.75, 3.05) is 45.7 Å². The highest BCUT2D eigenvalue weighted by Gasteiger charge is 2.41. The average Bonchev–Trinajstić information content (AvgIpc) is 3.14. The first-order valence-electron chi connectivity index (χ1n) is 17.5. The molecule has 4 aromatic rings. The Kier molecular flexibility index (Phi) is 10.9. The topological polar surface area (TPSA) is 135 Å². The Balaban J connectivity index is 1.45. The minimum absolute atomic E-state index is 0.0683. The summed E-state index contributed by atoms with van der Waals surface area (Å²) >= 11 is 1.99. The Morgan fingerprint density at radius 1 is 0.944 bits per heavy atom. The summed E-state index contributed by atoms with van der Waals surface area (Å²) in [7, 11) is 3.06. The van der Waals surface area contributed by atoms with Gasteiger partial charge in [0.2, 0.25) is 5.91 Å². The molecule has 3 heterocycles. The Bertz CT molecular complexity index is 2220. The molecule has 284 valence electrons. The SMILES string of the molecule is COc1ccc(Cn2c(=O)c3c(n(-c4cccc(C(=O)N5CCN(C(=O)OC(C)(C)C)CC5)c4)c2=O)C(C)C(=O)N(C)C3Nc2ccc(I)cc2F)cc1. The van der Waals surface area contributed by atoms with Gasteiger partial charge in [0.15, 0.2) is 0 Å². The van der Waals surface area contributed by atoms with Gasteiger partial charge in [-0.3, -0.25) is 23.5 Å². The predicted molar refractivity (Wildman–Crippen MR) is 209 cm³/mol. The molecule has 0 aliphatic carbocycles. The Morgan fingerprint density at radius 3 is 2.24 bits per heavy atom. The van der Waals surface area contributed by atoms with E-state index in [4.69, 9.17) is 9.47 Å². The van der Waals surface area contributed by atoms with Crippen molar-refractivity contribution in [2.45, 2.75) is 51.9 Å². The van der Waals surface area contributed by atoms with Crippen LogP contribution in [0.2, 0.25) is 0 Å². The van der Waals surface area contributed by atoms with E-state index < -0.39 is 46.8 Å². The van der Waals surface area contributed by atoms with Gasteiger partial charge >= 0.3 is 11.8 Å². The number of nitrogens with zero attached hydrogens (tertiary/aromatic N) is 5. The van der Waals surface area contributed by atoms with Crippen LogP contribution in [0, 0.1) is 9.39 Å². The zero-order valence-electron chi connectivity index (χ0n) is 30.9. The van der Waals surface area contributed by atoms with E-state index in [1.165, 1.54) is 35.8 Å². The normalized spacial score (nSPS) is 17.3. The zero-order chi connectivity index (χ0) is 39.1. The van der Waals surface area contributed by atoms with Gasteiger partial charge in [-0.05, 0) is 104 Å². The molecule has 1 fully saturated rings. The highest BCUT2D eigenvalue weighted by atomic mass is 127. The number of likely N-dealkylation sites (N-methyl/N-ethyl adjacent to an activating group) is 1. The van der Waals surface area contributed by atoms with Gasteiger partial charge in [0, 0.05) is 42.4 Å². The smallest absolute Gasteiger partial charge is 0.410 e. The van der Waals surface area contributed by atoms with Crippen molar-refractivity contribution < 1.29 is 28.2 Å². The van der Waals surface area contributed by atoms with Gasteiger partial charge in [0.05, 0.1) is 42.2 Å². The first kappa shape index (κ1) is 38.5. The molecule has 0 saturated carbocycles. The number of hydrogen-bond donors (Lipinski definition) is 1. The molecule has 54 heavy (non-hydrogen) atoms. The molecular formula is C39H42FIN6O7. The third-order valence-corrected chi connectivity index (χ3v) is 10.2. The van der Waals surface area contributed by atoms with Crippen molar-refractivity contribution in [3.8, 4) is 11.4 Å². The molecule has 1 aromatic heterocycles. The predicted octanol–water partition coefficient (Wildman–Crippen LogP) is 5.18. The number of methoxy groups -OCH3 is 1. The summed E-state index contributed by atoms with van der Waals surface area (Å²) in [5.41, 5.74) is -0.542. The number of amides is 3. The lowest BCUT2D eigenvalue weighted by atomic mass is 9.93. The Hall–Kier alpha value is -5.19. The van der Waals surface area contributed by atoms with E-state index in [2.05, 4.69) is 5.32 Å². The van der Waals surface area contributed by atoms with Crippen LogP contribution in [0.1, 0.15) is 67.0 Å². The number of fused-ring (bicyclic) bond motifs is 1. The first-order valence-corrected chi connectivity index (χ1v) is 18.5. The largest absolute Gasteiger partial charge is 0.497 e. The van der Waals surface area contributed by atoms with Crippen LogP contribution in [0.15, 0.2) is 76.3 Å². The lowest BCUT2D eigenvalue weighted by Crippen LogP contribution is -2.52. The van der Waals surface area contributed by atoms with Crippen molar-refractivity contribution >= 4 is 46.2 Å². The van der Waals surface area contributed by atoms with E-state index in [-0.39, 0.29) is 66.8 Å². The second kappa shape index (κ2) is 15.3. The van der Waals surface area contributed by atoms with Gasteiger partial charge in [-0.15, -0.1) is 0 Å². The van der Waals surface area contributed by atoms with E-state index in [0.29, 0.717) is 14.9 Å². The van der Waals surface area contributed by atoms with Gasteiger partial charge in [0.25, 0.3) is 11.5 Å². The minimum atomic E-state index is -1.15. The van der Waals surface area contributed by atoms with Gasteiger partial charge < -0.3 is 29.5 Å². The molecule has 15 heteroatoms. The second-order valence-electron chi connectivity index (χ2n) is 14.3. The molecule has 0 spiro atoms. The lowest BCUT2D eigenvalue weighted by Gasteiger charge is -2.39. The lowest BCUT2D eigenvalue weighted by molar-refractivity contribution is -0.134. The number of aromatic nitrogens is 2. The number of ether oxygens (including phenoxy) is 2. The van der Waals surface area contributed by atoms with E-state index in [9.17, 15) is 24.0 Å². The molecule has 2 atom stereocenters. The highest BCUT2D eigenvalue weighted by molar-refractivity contribution is 14.1. The maximum atomic E-state index is 15.2. The van der Waals surface area contributed by atoms with Crippen LogP contribution in [0.3, 0.4) is 0 Å². The van der Waals surface area contributed by atoms with Crippen LogP contribution in [-0.2, 0) is 16.1 Å². The summed E-state index contributed by atoms with van der Waals surface area (Å²) in [6.07, 6.45) is -1.59. The fourth-order valence-electron chi connectivity index (χ4n) is 6.72. The number of carbonyl (C=O) groups is 3. The maximum Gasteiger partial charge on any atom is 0.410 e.